The van der Waals surface area contributed by atoms with Crippen LogP contribution in [0.5, 0.6) is 0 Å². The molecule has 0 radical (unpaired) electrons. The molecule has 3 rings (SSSR count). The number of likely N-dealkylation sites (tertiary alicyclic amines) is 1. The fraction of sp³-hybridized carbons (Fsp3) is 0.471. The maximum Gasteiger partial charge on any atom is 0.255 e. The van der Waals surface area contributed by atoms with Crippen molar-refractivity contribution >= 4 is 5.91 Å². The summed E-state index contributed by atoms with van der Waals surface area (Å²) in [5.74, 6) is 1.53. The summed E-state index contributed by atoms with van der Waals surface area (Å²) in [5, 5.41) is 3.39. The van der Waals surface area contributed by atoms with Crippen molar-refractivity contribution in [3.8, 4) is 5.82 Å². The van der Waals surface area contributed by atoms with Crippen LogP contribution in [0, 0.1) is 5.92 Å². The van der Waals surface area contributed by atoms with Crippen molar-refractivity contribution in [2.75, 3.05) is 26.2 Å². The second-order valence-corrected chi connectivity index (χ2v) is 5.92. The topological polar surface area (TPSA) is 63.1 Å². The molecule has 0 spiro atoms. The molecular weight excluding hydrogens is 290 g/mol. The molecule has 1 aliphatic heterocycles. The summed E-state index contributed by atoms with van der Waals surface area (Å²) < 4.78 is 1.82. The first-order chi connectivity index (χ1) is 11.3. The predicted octanol–water partition coefficient (Wildman–Crippen LogP) is 1.73. The van der Waals surface area contributed by atoms with Gasteiger partial charge in [0, 0.05) is 31.7 Å². The van der Waals surface area contributed by atoms with Crippen molar-refractivity contribution in [2.45, 2.75) is 19.8 Å². The molecule has 0 saturated carbocycles. The predicted molar refractivity (Wildman–Crippen MR) is 88.5 cm³/mol. The lowest BCUT2D eigenvalue weighted by atomic mass is 9.96. The molecular formula is C17H23N5O. The zero-order valence-electron chi connectivity index (χ0n) is 13.5. The van der Waals surface area contributed by atoms with Gasteiger partial charge < -0.3 is 10.2 Å². The quantitative estimate of drug-likeness (QED) is 0.913. The van der Waals surface area contributed by atoms with Crippen LogP contribution in [0.15, 0.2) is 37.1 Å². The Morgan fingerprint density at radius 1 is 1.35 bits per heavy atom. The van der Waals surface area contributed by atoms with E-state index in [1.54, 1.807) is 18.7 Å². The fourth-order valence-corrected chi connectivity index (χ4v) is 2.93. The van der Waals surface area contributed by atoms with Crippen molar-refractivity contribution in [1.82, 2.24) is 24.8 Å². The van der Waals surface area contributed by atoms with E-state index < -0.39 is 0 Å². The first kappa shape index (κ1) is 15.7. The van der Waals surface area contributed by atoms with E-state index in [-0.39, 0.29) is 5.91 Å². The highest BCUT2D eigenvalue weighted by Gasteiger charge is 2.23. The van der Waals surface area contributed by atoms with Gasteiger partial charge in [0.1, 0.15) is 12.1 Å². The van der Waals surface area contributed by atoms with Crippen LogP contribution in [0.1, 0.15) is 30.1 Å². The lowest BCUT2D eigenvalue weighted by molar-refractivity contribution is 0.0690. The average molecular weight is 313 g/mol. The number of piperidine rings is 1. The van der Waals surface area contributed by atoms with E-state index in [4.69, 9.17) is 0 Å². The van der Waals surface area contributed by atoms with E-state index in [2.05, 4.69) is 22.2 Å². The number of carbonyl (C=O) groups excluding carboxylic acids is 1. The van der Waals surface area contributed by atoms with E-state index in [1.165, 1.54) is 0 Å². The Balaban J connectivity index is 1.58. The number of imidazole rings is 1. The molecule has 0 atom stereocenters. The van der Waals surface area contributed by atoms with Gasteiger partial charge in [0.05, 0.1) is 5.56 Å². The third kappa shape index (κ3) is 3.76. The molecule has 0 aromatic carbocycles. The maximum atomic E-state index is 12.6. The standard InChI is InChI=1S/C17H23N5O/c1-2-18-11-14-5-8-21(9-6-14)17(23)15-3-4-16(20-12-15)22-10-7-19-13-22/h3-4,7,10,12-14,18H,2,5-6,8-9,11H2,1H3. The van der Waals surface area contributed by atoms with Crippen LogP contribution in [0.25, 0.3) is 5.82 Å². The first-order valence-electron chi connectivity index (χ1n) is 8.22. The second-order valence-electron chi connectivity index (χ2n) is 5.92. The molecule has 1 aliphatic rings. The molecule has 2 aromatic heterocycles. The molecule has 0 bridgehead atoms. The van der Waals surface area contributed by atoms with Crippen LogP contribution < -0.4 is 5.32 Å². The number of hydrogen-bond acceptors (Lipinski definition) is 4. The monoisotopic (exact) mass is 313 g/mol. The van der Waals surface area contributed by atoms with E-state index in [9.17, 15) is 4.79 Å². The highest BCUT2D eigenvalue weighted by Crippen LogP contribution is 2.18. The minimum atomic E-state index is 0.0802. The Kier molecular flexibility index (Phi) is 5.02. The average Bonchev–Trinajstić information content (AvgIpc) is 3.14. The zero-order chi connectivity index (χ0) is 16.1. The summed E-state index contributed by atoms with van der Waals surface area (Å²) in [4.78, 5) is 22.9. The first-order valence-corrected chi connectivity index (χ1v) is 8.22. The smallest absolute Gasteiger partial charge is 0.255 e. The Morgan fingerprint density at radius 2 is 2.17 bits per heavy atom. The minimum absolute atomic E-state index is 0.0802. The van der Waals surface area contributed by atoms with Gasteiger partial charge in [-0.3, -0.25) is 9.36 Å². The number of hydrogen-bond donors (Lipinski definition) is 1. The normalized spacial score (nSPS) is 15.8. The molecule has 23 heavy (non-hydrogen) atoms. The highest BCUT2D eigenvalue weighted by molar-refractivity contribution is 5.94. The summed E-state index contributed by atoms with van der Waals surface area (Å²) in [6.45, 7) is 5.85. The maximum absolute atomic E-state index is 12.6. The van der Waals surface area contributed by atoms with Gasteiger partial charge in [-0.05, 0) is 44.0 Å². The second kappa shape index (κ2) is 7.37. The molecule has 0 unspecified atom stereocenters. The number of nitrogens with zero attached hydrogens (tertiary/aromatic N) is 4. The summed E-state index contributed by atoms with van der Waals surface area (Å²) in [5.41, 5.74) is 0.652. The van der Waals surface area contributed by atoms with Gasteiger partial charge in [0.15, 0.2) is 0 Å². The van der Waals surface area contributed by atoms with Crippen molar-refractivity contribution in [3.63, 3.8) is 0 Å². The molecule has 0 aliphatic carbocycles. The van der Waals surface area contributed by atoms with Crippen LogP contribution in [0.4, 0.5) is 0 Å². The van der Waals surface area contributed by atoms with Crippen molar-refractivity contribution in [2.24, 2.45) is 5.92 Å². The lowest BCUT2D eigenvalue weighted by Crippen LogP contribution is -2.40. The summed E-state index contributed by atoms with van der Waals surface area (Å²) >= 11 is 0. The van der Waals surface area contributed by atoms with E-state index in [0.29, 0.717) is 11.5 Å². The molecule has 1 fully saturated rings. The Bertz CT molecular complexity index is 615. The van der Waals surface area contributed by atoms with Crippen molar-refractivity contribution in [3.05, 3.63) is 42.6 Å². The number of amides is 1. The highest BCUT2D eigenvalue weighted by atomic mass is 16.2. The fourth-order valence-electron chi connectivity index (χ4n) is 2.93. The van der Waals surface area contributed by atoms with Crippen LogP contribution in [-0.2, 0) is 0 Å². The summed E-state index contributed by atoms with van der Waals surface area (Å²) in [6.07, 6.45) is 9.02. The number of carbonyl (C=O) groups is 1. The number of pyridine rings is 1. The molecule has 6 heteroatoms. The van der Waals surface area contributed by atoms with E-state index >= 15 is 0 Å². The number of aromatic nitrogens is 3. The van der Waals surface area contributed by atoms with Crippen molar-refractivity contribution < 1.29 is 4.79 Å². The molecule has 1 amide bonds. The van der Waals surface area contributed by atoms with Crippen LogP contribution in [0.2, 0.25) is 0 Å². The van der Waals surface area contributed by atoms with Crippen LogP contribution in [-0.4, -0.2) is 51.5 Å². The van der Waals surface area contributed by atoms with Gasteiger partial charge in [0.25, 0.3) is 5.91 Å². The van der Waals surface area contributed by atoms with Gasteiger partial charge in [0.2, 0.25) is 0 Å². The minimum Gasteiger partial charge on any atom is -0.339 e. The molecule has 1 saturated heterocycles. The molecule has 3 heterocycles. The third-order valence-electron chi connectivity index (χ3n) is 4.35. The Morgan fingerprint density at radius 3 is 2.78 bits per heavy atom. The van der Waals surface area contributed by atoms with E-state index in [0.717, 1.165) is 44.8 Å². The zero-order valence-corrected chi connectivity index (χ0v) is 13.5. The molecule has 6 nitrogen and oxygen atoms in total. The van der Waals surface area contributed by atoms with Gasteiger partial charge in [-0.15, -0.1) is 0 Å². The molecule has 1 N–H and O–H groups in total. The summed E-state index contributed by atoms with van der Waals surface area (Å²) in [7, 11) is 0. The van der Waals surface area contributed by atoms with Gasteiger partial charge in [-0.1, -0.05) is 6.92 Å². The Hall–Kier alpha value is -2.21. The van der Waals surface area contributed by atoms with Gasteiger partial charge in [-0.2, -0.15) is 0 Å². The van der Waals surface area contributed by atoms with Gasteiger partial charge in [-0.25, -0.2) is 9.97 Å². The Labute approximate surface area is 136 Å². The van der Waals surface area contributed by atoms with E-state index in [1.807, 2.05) is 27.8 Å². The SMILES string of the molecule is CCNCC1CCN(C(=O)c2ccc(-n3ccnc3)nc2)CC1. The molecule has 122 valence electrons. The number of rotatable bonds is 5. The molecule has 2 aromatic rings. The number of nitrogens with one attached hydrogen (secondary N) is 1. The largest absolute Gasteiger partial charge is 0.339 e. The van der Waals surface area contributed by atoms with Crippen LogP contribution >= 0.6 is 0 Å². The van der Waals surface area contributed by atoms with Gasteiger partial charge >= 0.3 is 0 Å². The summed E-state index contributed by atoms with van der Waals surface area (Å²) in [6, 6.07) is 3.70. The lowest BCUT2D eigenvalue weighted by Gasteiger charge is -2.32. The third-order valence-corrected chi connectivity index (χ3v) is 4.35. The van der Waals surface area contributed by atoms with Crippen molar-refractivity contribution in [1.29, 1.82) is 0 Å². The van der Waals surface area contributed by atoms with Crippen LogP contribution in [0.3, 0.4) is 0 Å².